The highest BCUT2D eigenvalue weighted by Gasteiger charge is 2.06. The van der Waals surface area contributed by atoms with E-state index in [-0.39, 0.29) is 18.3 Å². The first-order valence-electron chi connectivity index (χ1n) is 3.89. The summed E-state index contributed by atoms with van der Waals surface area (Å²) in [6.07, 6.45) is 0.188. The van der Waals surface area contributed by atoms with E-state index < -0.39 is 5.97 Å². The fraction of sp³-hybridized carbons (Fsp3) is 0.714. The molecule has 0 radical (unpaired) electrons. The van der Waals surface area contributed by atoms with Crippen LogP contribution in [0.15, 0.2) is 0 Å². The van der Waals surface area contributed by atoms with E-state index in [0.29, 0.717) is 5.88 Å². The number of aliphatic carboxylic acids is 1. The topological polar surface area (TPSA) is 99.2 Å². The maximum atomic E-state index is 10.3. The van der Waals surface area contributed by atoms with Crippen molar-refractivity contribution in [2.24, 2.45) is 11.7 Å². The molecule has 0 aromatic heterocycles. The molecule has 0 aliphatic heterocycles. The number of carbonyl (C=O) groups is 1. The van der Waals surface area contributed by atoms with Crippen LogP contribution in [0.1, 0.15) is 13.3 Å². The summed E-state index contributed by atoms with van der Waals surface area (Å²) in [5, 5.41) is 17.9. The summed E-state index contributed by atoms with van der Waals surface area (Å²) in [5.74, 6) is 0.633. The van der Waals surface area contributed by atoms with Crippen molar-refractivity contribution in [3.8, 4) is 0 Å². The molecule has 5 nitrogen and oxygen atoms in total. The average Bonchev–Trinajstić information content (AvgIpc) is 1.96. The normalized spacial score (nSPS) is 12.1. The van der Waals surface area contributed by atoms with Crippen LogP contribution < -0.4 is 11.1 Å². The molecule has 6 heteroatoms. The van der Waals surface area contributed by atoms with E-state index >= 15 is 0 Å². The van der Waals surface area contributed by atoms with Gasteiger partial charge in [0.1, 0.15) is 0 Å². The third kappa shape index (κ3) is 9.00. The second-order valence-corrected chi connectivity index (χ2v) is 3.84. The lowest BCUT2D eigenvalue weighted by Crippen LogP contribution is -2.30. The Morgan fingerprint density at radius 3 is 2.85 bits per heavy atom. The van der Waals surface area contributed by atoms with Gasteiger partial charge < -0.3 is 16.2 Å². The van der Waals surface area contributed by atoms with Crippen molar-refractivity contribution in [1.82, 2.24) is 5.32 Å². The highest BCUT2D eigenvalue weighted by molar-refractivity contribution is 7.99. The minimum absolute atomic E-state index is 0.0570. The Bertz CT molecular complexity index is 187. The number of carboxylic acids is 1. The molecule has 76 valence electrons. The Morgan fingerprint density at radius 2 is 2.38 bits per heavy atom. The lowest BCUT2D eigenvalue weighted by atomic mass is 10.1. The van der Waals surface area contributed by atoms with Crippen molar-refractivity contribution in [2.75, 3.05) is 11.6 Å². The first-order valence-corrected chi connectivity index (χ1v) is 5.05. The molecule has 0 aliphatic rings. The molecule has 0 heterocycles. The minimum atomic E-state index is -0.771. The van der Waals surface area contributed by atoms with Crippen LogP contribution in [0.25, 0.3) is 0 Å². The number of hydrogen-bond donors (Lipinski definition) is 4. The molecule has 0 fully saturated rings. The van der Waals surface area contributed by atoms with Gasteiger partial charge >= 0.3 is 5.97 Å². The summed E-state index contributed by atoms with van der Waals surface area (Å²) in [6.45, 7) is 1.88. The smallest absolute Gasteiger partial charge is 0.303 e. The number of nitrogens with one attached hydrogen (secondary N) is 2. The highest BCUT2D eigenvalue weighted by Crippen LogP contribution is 2.10. The van der Waals surface area contributed by atoms with Crippen molar-refractivity contribution in [3.05, 3.63) is 0 Å². The van der Waals surface area contributed by atoms with Crippen LogP contribution in [0, 0.1) is 11.3 Å². The first-order chi connectivity index (χ1) is 6.02. The maximum Gasteiger partial charge on any atom is 0.303 e. The Hall–Kier alpha value is -0.910. The van der Waals surface area contributed by atoms with Crippen LogP contribution in [-0.2, 0) is 4.79 Å². The molecule has 1 atom stereocenters. The van der Waals surface area contributed by atoms with Crippen molar-refractivity contribution >= 4 is 23.7 Å². The van der Waals surface area contributed by atoms with Crippen LogP contribution in [0.5, 0.6) is 0 Å². The number of nitrogens with two attached hydrogens (primary N) is 1. The van der Waals surface area contributed by atoms with E-state index in [1.54, 1.807) is 0 Å². The zero-order valence-corrected chi connectivity index (χ0v) is 8.36. The van der Waals surface area contributed by atoms with E-state index in [2.05, 4.69) is 5.32 Å². The quantitative estimate of drug-likeness (QED) is 0.216. The van der Waals surface area contributed by atoms with Gasteiger partial charge in [-0.15, -0.1) is 11.8 Å². The summed E-state index contributed by atoms with van der Waals surface area (Å²) in [7, 11) is 0. The SMILES string of the molecule is CC(CSCNC(=N)N)CC(=O)O. The van der Waals surface area contributed by atoms with Gasteiger partial charge in [0.05, 0.1) is 5.88 Å². The molecule has 0 saturated heterocycles. The predicted octanol–water partition coefficient (Wildman–Crippen LogP) is 0.271. The third-order valence-electron chi connectivity index (χ3n) is 1.29. The van der Waals surface area contributed by atoms with E-state index in [4.69, 9.17) is 16.2 Å². The van der Waals surface area contributed by atoms with Gasteiger partial charge in [-0.1, -0.05) is 6.92 Å². The number of thioether (sulfide) groups is 1. The van der Waals surface area contributed by atoms with Gasteiger partial charge in [-0.05, 0) is 11.7 Å². The Morgan fingerprint density at radius 1 is 1.77 bits per heavy atom. The maximum absolute atomic E-state index is 10.3. The average molecular weight is 205 g/mol. The molecule has 1 unspecified atom stereocenters. The van der Waals surface area contributed by atoms with Crippen LogP contribution in [0.4, 0.5) is 0 Å². The summed E-state index contributed by atoms with van der Waals surface area (Å²) in [4.78, 5) is 10.3. The largest absolute Gasteiger partial charge is 0.481 e. The van der Waals surface area contributed by atoms with E-state index in [1.807, 2.05) is 6.92 Å². The zero-order chi connectivity index (χ0) is 10.3. The van der Waals surface area contributed by atoms with Crippen LogP contribution in [-0.4, -0.2) is 28.7 Å². The van der Waals surface area contributed by atoms with Crippen molar-refractivity contribution in [3.63, 3.8) is 0 Å². The molecule has 13 heavy (non-hydrogen) atoms. The summed E-state index contributed by atoms with van der Waals surface area (Å²) < 4.78 is 0. The second-order valence-electron chi connectivity index (χ2n) is 2.81. The van der Waals surface area contributed by atoms with E-state index in [9.17, 15) is 4.79 Å². The van der Waals surface area contributed by atoms with Crippen molar-refractivity contribution in [2.45, 2.75) is 13.3 Å². The van der Waals surface area contributed by atoms with E-state index in [0.717, 1.165) is 5.75 Å². The lowest BCUT2D eigenvalue weighted by Gasteiger charge is -2.08. The number of guanidine groups is 1. The molecule has 0 aromatic carbocycles. The van der Waals surface area contributed by atoms with Gasteiger partial charge in [-0.2, -0.15) is 0 Å². The second kappa shape index (κ2) is 6.59. The summed E-state index contributed by atoms with van der Waals surface area (Å²) in [5.41, 5.74) is 5.05. The molecule has 0 bridgehead atoms. The van der Waals surface area contributed by atoms with Crippen LogP contribution in [0.2, 0.25) is 0 Å². The zero-order valence-electron chi connectivity index (χ0n) is 7.54. The fourth-order valence-electron chi connectivity index (χ4n) is 0.746. The fourth-order valence-corrected chi connectivity index (χ4v) is 1.64. The van der Waals surface area contributed by atoms with Gasteiger partial charge in [0.15, 0.2) is 5.96 Å². The van der Waals surface area contributed by atoms with Crippen LogP contribution in [0.3, 0.4) is 0 Å². The van der Waals surface area contributed by atoms with Crippen LogP contribution >= 0.6 is 11.8 Å². The molecule has 0 aliphatic carbocycles. The number of hydrogen-bond acceptors (Lipinski definition) is 3. The van der Waals surface area contributed by atoms with Gasteiger partial charge in [-0.3, -0.25) is 10.2 Å². The monoisotopic (exact) mass is 205 g/mol. The Kier molecular flexibility index (Phi) is 6.13. The van der Waals surface area contributed by atoms with Crippen molar-refractivity contribution in [1.29, 1.82) is 5.41 Å². The summed E-state index contributed by atoms with van der Waals surface area (Å²) >= 11 is 1.54. The van der Waals surface area contributed by atoms with Gasteiger partial charge in [0.25, 0.3) is 0 Å². The molecule has 0 saturated carbocycles. The van der Waals surface area contributed by atoms with Crippen molar-refractivity contribution < 1.29 is 9.90 Å². The number of rotatable bonds is 6. The molecular weight excluding hydrogens is 190 g/mol. The third-order valence-corrected chi connectivity index (χ3v) is 2.44. The lowest BCUT2D eigenvalue weighted by molar-refractivity contribution is -0.137. The molecule has 0 spiro atoms. The summed E-state index contributed by atoms with van der Waals surface area (Å²) in [6, 6.07) is 0. The number of carboxylic acid groups (broad SMARTS) is 1. The molecule has 0 aromatic rings. The molecule has 0 rings (SSSR count). The Balaban J connectivity index is 3.31. The first kappa shape index (κ1) is 12.1. The Labute approximate surface area is 81.6 Å². The molecule has 0 amide bonds. The molecular formula is C7H15N3O2S. The highest BCUT2D eigenvalue weighted by atomic mass is 32.2. The molecule has 5 N–H and O–H groups in total. The van der Waals surface area contributed by atoms with E-state index in [1.165, 1.54) is 11.8 Å². The standard InChI is InChI=1S/C7H15N3O2S/c1-5(2-6(11)12)3-13-4-10-7(8)9/h5H,2-4H2,1H3,(H,11,12)(H4,8,9,10). The minimum Gasteiger partial charge on any atom is -0.481 e. The predicted molar refractivity (Wildman–Crippen MR) is 53.8 cm³/mol. The van der Waals surface area contributed by atoms with Gasteiger partial charge in [-0.25, -0.2) is 0 Å². The van der Waals surface area contributed by atoms with Gasteiger partial charge in [0, 0.05) is 6.42 Å². The van der Waals surface area contributed by atoms with Gasteiger partial charge in [0.2, 0.25) is 0 Å².